The average molecular weight is 360 g/mol. The molecular weight excluding hydrogens is 336 g/mol. The number of amides is 1. The van der Waals surface area contributed by atoms with Gasteiger partial charge in [0, 0.05) is 32.6 Å². The summed E-state index contributed by atoms with van der Waals surface area (Å²) < 4.78 is 15.4. The van der Waals surface area contributed by atoms with Crippen LogP contribution in [-0.4, -0.2) is 56.9 Å². The molecule has 0 spiro atoms. The summed E-state index contributed by atoms with van der Waals surface area (Å²) in [6.45, 7) is 1.55. The Morgan fingerprint density at radius 3 is 2.42 bits per heavy atom. The molecule has 0 aliphatic carbocycles. The molecule has 2 aromatic rings. The molecule has 0 bridgehead atoms. The van der Waals surface area contributed by atoms with Crippen LogP contribution in [0.3, 0.4) is 0 Å². The molecule has 8 heteroatoms. The van der Waals surface area contributed by atoms with Crippen LogP contribution in [-0.2, 0) is 11.2 Å². The van der Waals surface area contributed by atoms with E-state index in [9.17, 15) is 4.79 Å². The maximum Gasteiger partial charge on any atom is 0.254 e. The minimum atomic E-state index is -0.223. The Bertz CT molecular complexity index is 707. The summed E-state index contributed by atoms with van der Waals surface area (Å²) in [6.07, 6.45) is 3.75. The van der Waals surface area contributed by atoms with Crippen molar-refractivity contribution < 1.29 is 19.0 Å². The average Bonchev–Trinajstić information content (AvgIpc) is 2.68. The van der Waals surface area contributed by atoms with E-state index in [2.05, 4.69) is 20.6 Å². The molecule has 2 N–H and O–H groups in total. The van der Waals surface area contributed by atoms with E-state index in [0.29, 0.717) is 42.7 Å². The van der Waals surface area contributed by atoms with Crippen LogP contribution in [0.1, 0.15) is 15.9 Å². The van der Waals surface area contributed by atoms with Gasteiger partial charge in [0.15, 0.2) is 11.5 Å². The number of carbonyl (C=O) groups excluding carboxylic acids is 1. The molecular formula is C18H24N4O4. The first-order valence-electron chi connectivity index (χ1n) is 8.22. The zero-order valence-corrected chi connectivity index (χ0v) is 15.2. The topological polar surface area (TPSA) is 94.6 Å². The van der Waals surface area contributed by atoms with E-state index >= 15 is 0 Å². The SMILES string of the molecule is COCCNC(=O)c1cnc(NCCc2ccc(OC)c(OC)c2)nc1. The molecule has 0 saturated heterocycles. The van der Waals surface area contributed by atoms with E-state index in [0.717, 1.165) is 12.0 Å². The molecule has 0 aliphatic rings. The maximum absolute atomic E-state index is 11.9. The molecule has 26 heavy (non-hydrogen) atoms. The van der Waals surface area contributed by atoms with Crippen LogP contribution in [0.25, 0.3) is 0 Å². The highest BCUT2D eigenvalue weighted by atomic mass is 16.5. The van der Waals surface area contributed by atoms with Crippen LogP contribution in [0.5, 0.6) is 11.5 Å². The Kier molecular flexibility index (Phi) is 7.63. The Morgan fingerprint density at radius 2 is 1.77 bits per heavy atom. The fourth-order valence-electron chi connectivity index (χ4n) is 2.26. The highest BCUT2D eigenvalue weighted by Gasteiger charge is 2.07. The van der Waals surface area contributed by atoms with Gasteiger partial charge in [0.05, 0.1) is 26.4 Å². The fraction of sp³-hybridized carbons (Fsp3) is 0.389. The minimum Gasteiger partial charge on any atom is -0.493 e. The molecule has 1 aromatic carbocycles. The molecule has 1 amide bonds. The molecule has 1 aromatic heterocycles. The lowest BCUT2D eigenvalue weighted by molar-refractivity contribution is 0.0936. The van der Waals surface area contributed by atoms with Crippen molar-refractivity contribution in [2.24, 2.45) is 0 Å². The Morgan fingerprint density at radius 1 is 1.04 bits per heavy atom. The fourth-order valence-corrected chi connectivity index (χ4v) is 2.26. The van der Waals surface area contributed by atoms with Crippen molar-refractivity contribution in [1.82, 2.24) is 15.3 Å². The summed E-state index contributed by atoms with van der Waals surface area (Å²) in [5.41, 5.74) is 1.51. The Hall–Kier alpha value is -2.87. The third-order valence-corrected chi connectivity index (χ3v) is 3.65. The number of nitrogens with zero attached hydrogens (tertiary/aromatic N) is 2. The van der Waals surface area contributed by atoms with Gasteiger partial charge in [0.2, 0.25) is 5.95 Å². The van der Waals surface area contributed by atoms with E-state index in [1.165, 1.54) is 12.4 Å². The molecule has 0 aliphatic heterocycles. The summed E-state index contributed by atoms with van der Waals surface area (Å²) in [7, 11) is 4.80. The second kappa shape index (κ2) is 10.2. The standard InChI is InChI=1S/C18H24N4O4/c1-24-9-8-19-17(23)14-11-21-18(22-12-14)20-7-6-13-4-5-15(25-2)16(10-13)26-3/h4-5,10-12H,6-9H2,1-3H3,(H,19,23)(H,20,21,22). The number of hydrogen-bond acceptors (Lipinski definition) is 7. The highest BCUT2D eigenvalue weighted by Crippen LogP contribution is 2.27. The summed E-state index contributed by atoms with van der Waals surface area (Å²) in [6, 6.07) is 5.80. The molecule has 0 radical (unpaired) electrons. The minimum absolute atomic E-state index is 0.223. The van der Waals surface area contributed by atoms with Gasteiger partial charge in [-0.15, -0.1) is 0 Å². The number of carbonyl (C=O) groups is 1. The molecule has 0 atom stereocenters. The van der Waals surface area contributed by atoms with Gasteiger partial charge in [0.1, 0.15) is 0 Å². The van der Waals surface area contributed by atoms with Gasteiger partial charge in [-0.05, 0) is 24.1 Å². The summed E-state index contributed by atoms with van der Waals surface area (Å²) >= 11 is 0. The predicted octanol–water partition coefficient (Wildman–Crippen LogP) is 1.52. The zero-order chi connectivity index (χ0) is 18.8. The lowest BCUT2D eigenvalue weighted by Gasteiger charge is -2.10. The third kappa shape index (κ3) is 5.59. The monoisotopic (exact) mass is 360 g/mol. The van der Waals surface area contributed by atoms with Gasteiger partial charge in [0.25, 0.3) is 5.91 Å². The number of hydrogen-bond donors (Lipinski definition) is 2. The zero-order valence-electron chi connectivity index (χ0n) is 15.2. The lowest BCUT2D eigenvalue weighted by atomic mass is 10.1. The molecule has 140 valence electrons. The van der Waals surface area contributed by atoms with Crippen molar-refractivity contribution in [2.45, 2.75) is 6.42 Å². The van der Waals surface area contributed by atoms with Gasteiger partial charge in [-0.1, -0.05) is 6.07 Å². The van der Waals surface area contributed by atoms with Crippen molar-refractivity contribution >= 4 is 11.9 Å². The number of nitrogens with one attached hydrogen (secondary N) is 2. The van der Waals surface area contributed by atoms with Crippen molar-refractivity contribution in [2.75, 3.05) is 46.3 Å². The first kappa shape index (κ1) is 19.5. The van der Waals surface area contributed by atoms with Gasteiger partial charge in [-0.3, -0.25) is 4.79 Å². The van der Waals surface area contributed by atoms with Crippen molar-refractivity contribution in [3.05, 3.63) is 41.7 Å². The first-order chi connectivity index (χ1) is 12.7. The van der Waals surface area contributed by atoms with Crippen LogP contribution in [0, 0.1) is 0 Å². The van der Waals surface area contributed by atoms with Crippen molar-refractivity contribution in [3.63, 3.8) is 0 Å². The second-order valence-electron chi connectivity index (χ2n) is 5.41. The quantitative estimate of drug-likeness (QED) is 0.620. The summed E-state index contributed by atoms with van der Waals surface area (Å²) in [4.78, 5) is 20.2. The third-order valence-electron chi connectivity index (χ3n) is 3.65. The van der Waals surface area contributed by atoms with Crippen LogP contribution in [0.2, 0.25) is 0 Å². The Balaban J connectivity index is 1.83. The van der Waals surface area contributed by atoms with E-state index in [-0.39, 0.29) is 5.91 Å². The molecule has 0 saturated carbocycles. The highest BCUT2D eigenvalue weighted by molar-refractivity contribution is 5.93. The Labute approximate surface area is 152 Å². The van der Waals surface area contributed by atoms with E-state index in [1.54, 1.807) is 21.3 Å². The van der Waals surface area contributed by atoms with Gasteiger partial charge >= 0.3 is 0 Å². The smallest absolute Gasteiger partial charge is 0.254 e. The van der Waals surface area contributed by atoms with Crippen LogP contribution < -0.4 is 20.1 Å². The number of aromatic nitrogens is 2. The van der Waals surface area contributed by atoms with Gasteiger partial charge < -0.3 is 24.8 Å². The number of benzene rings is 1. The van der Waals surface area contributed by atoms with E-state index in [1.807, 2.05) is 18.2 Å². The largest absolute Gasteiger partial charge is 0.493 e. The van der Waals surface area contributed by atoms with Gasteiger partial charge in [-0.2, -0.15) is 0 Å². The summed E-state index contributed by atoms with van der Waals surface area (Å²) in [5.74, 6) is 1.65. The molecule has 8 nitrogen and oxygen atoms in total. The predicted molar refractivity (Wildman–Crippen MR) is 98.0 cm³/mol. The molecule has 2 rings (SSSR count). The van der Waals surface area contributed by atoms with Gasteiger partial charge in [-0.25, -0.2) is 9.97 Å². The molecule has 0 fully saturated rings. The molecule has 0 unspecified atom stereocenters. The number of rotatable bonds is 10. The van der Waals surface area contributed by atoms with E-state index in [4.69, 9.17) is 14.2 Å². The second-order valence-corrected chi connectivity index (χ2v) is 5.41. The van der Waals surface area contributed by atoms with Crippen LogP contribution in [0.4, 0.5) is 5.95 Å². The van der Waals surface area contributed by atoms with Crippen molar-refractivity contribution in [3.8, 4) is 11.5 Å². The normalized spacial score (nSPS) is 10.3. The molecule has 1 heterocycles. The van der Waals surface area contributed by atoms with Crippen LogP contribution in [0.15, 0.2) is 30.6 Å². The number of anilines is 1. The maximum atomic E-state index is 11.9. The number of ether oxygens (including phenoxy) is 3. The van der Waals surface area contributed by atoms with E-state index < -0.39 is 0 Å². The first-order valence-corrected chi connectivity index (χ1v) is 8.22. The number of methoxy groups -OCH3 is 3. The lowest BCUT2D eigenvalue weighted by Crippen LogP contribution is -2.27. The van der Waals surface area contributed by atoms with Crippen LogP contribution >= 0.6 is 0 Å². The summed E-state index contributed by atoms with van der Waals surface area (Å²) in [5, 5.41) is 5.85. The van der Waals surface area contributed by atoms with Crippen molar-refractivity contribution in [1.29, 1.82) is 0 Å².